The molecule has 8 heteroatoms. The van der Waals surface area contributed by atoms with Crippen LogP contribution in [0.2, 0.25) is 0 Å². The van der Waals surface area contributed by atoms with Gasteiger partial charge in [0.1, 0.15) is 5.82 Å². The fourth-order valence-electron chi connectivity index (χ4n) is 2.92. The van der Waals surface area contributed by atoms with E-state index >= 15 is 0 Å². The van der Waals surface area contributed by atoms with Gasteiger partial charge in [-0.25, -0.2) is 0 Å². The van der Waals surface area contributed by atoms with Gasteiger partial charge in [0.2, 0.25) is 5.88 Å². The SMILES string of the molecule is Cc1cc(C)c(CNC(=O)c2cc(OC(C)C)nc(NC(C)C)c2C=N)c(=O)[nH]1. The van der Waals surface area contributed by atoms with Crippen LogP contribution in [0.5, 0.6) is 5.88 Å². The third-order valence-corrected chi connectivity index (χ3v) is 4.13. The van der Waals surface area contributed by atoms with Crippen LogP contribution in [0.15, 0.2) is 16.9 Å². The van der Waals surface area contributed by atoms with E-state index < -0.39 is 5.91 Å². The summed E-state index contributed by atoms with van der Waals surface area (Å²) in [7, 11) is 0. The standard InChI is InChI=1S/C21H29N5O3/c1-11(2)24-19-16(9-22)15(8-18(26-19)29-12(3)4)20(27)23-10-17-13(5)7-14(6)25-21(17)28/h7-9,11-12,22H,10H2,1-6H3,(H,23,27)(H,24,26)(H,25,28). The molecule has 4 N–H and O–H groups in total. The minimum absolute atomic E-state index is 0.0557. The number of nitrogens with one attached hydrogen (secondary N) is 4. The zero-order valence-electron chi connectivity index (χ0n) is 17.8. The Balaban J connectivity index is 2.39. The molecule has 0 bridgehead atoms. The lowest BCUT2D eigenvalue weighted by atomic mass is 10.1. The molecule has 0 saturated carbocycles. The van der Waals surface area contributed by atoms with Crippen molar-refractivity contribution in [2.45, 2.75) is 60.2 Å². The lowest BCUT2D eigenvalue weighted by molar-refractivity contribution is 0.0949. The average Bonchev–Trinajstić information content (AvgIpc) is 2.59. The Morgan fingerprint density at radius 3 is 2.52 bits per heavy atom. The van der Waals surface area contributed by atoms with Crippen LogP contribution in [0.3, 0.4) is 0 Å². The molecule has 0 aliphatic heterocycles. The molecule has 29 heavy (non-hydrogen) atoms. The van der Waals surface area contributed by atoms with Crippen LogP contribution in [0.1, 0.15) is 60.4 Å². The van der Waals surface area contributed by atoms with Crippen LogP contribution in [-0.2, 0) is 6.54 Å². The second kappa shape index (κ2) is 9.36. The Labute approximate surface area is 170 Å². The Kier molecular flexibility index (Phi) is 7.14. The Bertz CT molecular complexity index is 964. The van der Waals surface area contributed by atoms with E-state index in [1.807, 2.05) is 47.6 Å². The molecular formula is C21H29N5O3. The number of hydrogen-bond donors (Lipinski definition) is 4. The lowest BCUT2D eigenvalue weighted by Gasteiger charge is -2.18. The Morgan fingerprint density at radius 2 is 1.97 bits per heavy atom. The number of aromatic nitrogens is 2. The molecule has 0 aromatic carbocycles. The first-order chi connectivity index (χ1) is 13.6. The van der Waals surface area contributed by atoms with Gasteiger partial charge in [-0.3, -0.25) is 9.59 Å². The molecule has 2 aromatic rings. The number of aromatic amines is 1. The van der Waals surface area contributed by atoms with Crippen molar-refractivity contribution in [1.82, 2.24) is 15.3 Å². The number of nitrogens with zero attached hydrogens (tertiary/aromatic N) is 1. The first kappa shape index (κ1) is 22.1. The van der Waals surface area contributed by atoms with Crippen molar-refractivity contribution in [3.8, 4) is 5.88 Å². The van der Waals surface area contributed by atoms with Gasteiger partial charge in [-0.05, 0) is 53.2 Å². The van der Waals surface area contributed by atoms with E-state index in [0.29, 0.717) is 22.8 Å². The molecule has 0 spiro atoms. The summed E-state index contributed by atoms with van der Waals surface area (Å²) in [5.41, 5.74) is 2.46. The summed E-state index contributed by atoms with van der Waals surface area (Å²) in [5, 5.41) is 13.7. The van der Waals surface area contributed by atoms with Crippen LogP contribution >= 0.6 is 0 Å². The molecule has 0 aliphatic rings. The van der Waals surface area contributed by atoms with Crippen molar-refractivity contribution >= 4 is 17.9 Å². The van der Waals surface area contributed by atoms with Crippen molar-refractivity contribution in [2.24, 2.45) is 0 Å². The normalized spacial score (nSPS) is 10.9. The number of carbonyl (C=O) groups excluding carboxylic acids is 1. The van der Waals surface area contributed by atoms with Crippen molar-refractivity contribution in [2.75, 3.05) is 5.32 Å². The summed E-state index contributed by atoms with van der Waals surface area (Å²) >= 11 is 0. The number of rotatable bonds is 8. The largest absolute Gasteiger partial charge is 0.475 e. The van der Waals surface area contributed by atoms with E-state index in [9.17, 15) is 9.59 Å². The number of H-pyrrole nitrogens is 1. The van der Waals surface area contributed by atoms with Gasteiger partial charge in [-0.1, -0.05) is 0 Å². The third kappa shape index (κ3) is 5.66. The van der Waals surface area contributed by atoms with Crippen LogP contribution in [0.4, 0.5) is 5.82 Å². The topological polar surface area (TPSA) is 120 Å². The molecule has 0 fully saturated rings. The van der Waals surface area contributed by atoms with Gasteiger partial charge in [-0.15, -0.1) is 0 Å². The van der Waals surface area contributed by atoms with E-state index in [2.05, 4.69) is 20.6 Å². The number of amides is 1. The fourth-order valence-corrected chi connectivity index (χ4v) is 2.92. The maximum atomic E-state index is 12.9. The summed E-state index contributed by atoms with van der Waals surface area (Å²) in [6.45, 7) is 11.3. The van der Waals surface area contributed by atoms with Crippen molar-refractivity contribution in [3.63, 3.8) is 0 Å². The summed E-state index contributed by atoms with van der Waals surface area (Å²) < 4.78 is 5.68. The molecule has 0 aliphatic carbocycles. The molecule has 0 saturated heterocycles. The highest BCUT2D eigenvalue weighted by Gasteiger charge is 2.19. The van der Waals surface area contributed by atoms with Crippen molar-refractivity contribution in [3.05, 3.63) is 50.4 Å². The van der Waals surface area contributed by atoms with Crippen LogP contribution < -0.4 is 20.9 Å². The summed E-state index contributed by atoms with van der Waals surface area (Å²) in [6, 6.07) is 3.44. The van der Waals surface area contributed by atoms with Gasteiger partial charge < -0.3 is 25.8 Å². The van der Waals surface area contributed by atoms with Gasteiger partial charge in [0.15, 0.2) is 0 Å². The van der Waals surface area contributed by atoms with E-state index in [1.54, 1.807) is 0 Å². The highest BCUT2D eigenvalue weighted by Crippen LogP contribution is 2.23. The molecule has 1 amide bonds. The molecule has 0 atom stereocenters. The molecule has 8 nitrogen and oxygen atoms in total. The third-order valence-electron chi connectivity index (χ3n) is 4.13. The number of pyridine rings is 2. The highest BCUT2D eigenvalue weighted by molar-refractivity contribution is 6.04. The molecule has 0 unspecified atom stereocenters. The van der Waals surface area contributed by atoms with E-state index in [-0.39, 0.29) is 29.8 Å². The summed E-state index contributed by atoms with van der Waals surface area (Å²) in [5.74, 6) is 0.289. The monoisotopic (exact) mass is 399 g/mol. The second-order valence-corrected chi connectivity index (χ2v) is 7.51. The first-order valence-corrected chi connectivity index (χ1v) is 9.58. The zero-order valence-corrected chi connectivity index (χ0v) is 17.8. The molecule has 0 radical (unpaired) electrons. The zero-order chi connectivity index (χ0) is 21.7. The van der Waals surface area contributed by atoms with E-state index in [0.717, 1.165) is 17.5 Å². The maximum absolute atomic E-state index is 12.9. The molecule has 2 heterocycles. The summed E-state index contributed by atoms with van der Waals surface area (Å²) in [4.78, 5) is 32.3. The van der Waals surface area contributed by atoms with Crippen molar-refractivity contribution in [1.29, 1.82) is 5.41 Å². The van der Waals surface area contributed by atoms with Crippen molar-refractivity contribution < 1.29 is 9.53 Å². The molecule has 2 rings (SSSR count). The average molecular weight is 399 g/mol. The predicted molar refractivity (Wildman–Crippen MR) is 114 cm³/mol. The quantitative estimate of drug-likeness (QED) is 0.509. The molecule has 156 valence electrons. The Hall–Kier alpha value is -3.16. The number of hydrogen-bond acceptors (Lipinski definition) is 6. The predicted octanol–water partition coefficient (Wildman–Crippen LogP) is 2.92. The van der Waals surface area contributed by atoms with Gasteiger partial charge in [0, 0.05) is 41.7 Å². The second-order valence-electron chi connectivity index (χ2n) is 7.51. The lowest BCUT2D eigenvalue weighted by Crippen LogP contribution is -2.29. The maximum Gasteiger partial charge on any atom is 0.253 e. The van der Waals surface area contributed by atoms with Crippen LogP contribution in [0, 0.1) is 19.3 Å². The summed E-state index contributed by atoms with van der Waals surface area (Å²) in [6.07, 6.45) is 0.973. The smallest absolute Gasteiger partial charge is 0.253 e. The van der Waals surface area contributed by atoms with E-state index in [1.165, 1.54) is 6.07 Å². The molecule has 2 aromatic heterocycles. The number of carbonyl (C=O) groups is 1. The van der Waals surface area contributed by atoms with Crippen LogP contribution in [0.25, 0.3) is 0 Å². The Morgan fingerprint density at radius 1 is 1.28 bits per heavy atom. The number of anilines is 1. The van der Waals surface area contributed by atoms with Crippen LogP contribution in [-0.4, -0.2) is 34.2 Å². The van der Waals surface area contributed by atoms with Gasteiger partial charge >= 0.3 is 0 Å². The highest BCUT2D eigenvalue weighted by atomic mass is 16.5. The minimum Gasteiger partial charge on any atom is -0.475 e. The van der Waals surface area contributed by atoms with Gasteiger partial charge in [-0.2, -0.15) is 4.98 Å². The molecular weight excluding hydrogens is 370 g/mol. The van der Waals surface area contributed by atoms with E-state index in [4.69, 9.17) is 10.1 Å². The first-order valence-electron chi connectivity index (χ1n) is 9.58. The van der Waals surface area contributed by atoms with Gasteiger partial charge in [0.05, 0.1) is 11.7 Å². The number of aryl methyl sites for hydroxylation is 2. The minimum atomic E-state index is -0.411. The number of ether oxygens (including phenoxy) is 1. The fraction of sp³-hybridized carbons (Fsp3) is 0.429. The van der Waals surface area contributed by atoms with Gasteiger partial charge in [0.25, 0.3) is 11.5 Å².